The average Bonchev–Trinajstić information content (AvgIpc) is 3.27. The smallest absolute Gasteiger partial charge is 0.291 e. The summed E-state index contributed by atoms with van der Waals surface area (Å²) in [5.74, 6) is 0.819. The summed E-state index contributed by atoms with van der Waals surface area (Å²) in [5.41, 5.74) is 0.208. The predicted octanol–water partition coefficient (Wildman–Crippen LogP) is 1.87. The number of thiazole rings is 1. The molecule has 0 aliphatic carbocycles. The highest BCUT2D eigenvalue weighted by Crippen LogP contribution is 2.17. The molecule has 0 spiro atoms. The van der Waals surface area contributed by atoms with E-state index in [4.69, 9.17) is 4.42 Å². The lowest BCUT2D eigenvalue weighted by Gasteiger charge is -1.92. The zero-order valence-electron chi connectivity index (χ0n) is 11.9. The highest BCUT2D eigenvalue weighted by molar-refractivity contribution is 7.15. The van der Waals surface area contributed by atoms with Crippen LogP contribution in [-0.2, 0) is 0 Å². The molecule has 0 atom stereocenters. The van der Waals surface area contributed by atoms with Gasteiger partial charge in [0.25, 0.3) is 11.2 Å². The number of nitro benzene ring substituents is 1. The van der Waals surface area contributed by atoms with E-state index < -0.39 is 4.92 Å². The number of hydrogen-bond acceptors (Lipinski definition) is 7. The van der Waals surface area contributed by atoms with Crippen LogP contribution in [0.2, 0.25) is 0 Å². The van der Waals surface area contributed by atoms with Gasteiger partial charge in [-0.2, -0.15) is 9.50 Å². The number of furan rings is 1. The van der Waals surface area contributed by atoms with E-state index in [-0.39, 0.29) is 11.2 Å². The van der Waals surface area contributed by atoms with Crippen molar-refractivity contribution in [2.75, 3.05) is 0 Å². The average molecular weight is 340 g/mol. The normalized spacial score (nSPS) is 12.1. The molecule has 1 aromatic carbocycles. The Bertz CT molecular complexity index is 1160. The third-order valence-electron chi connectivity index (χ3n) is 3.30. The zero-order chi connectivity index (χ0) is 16.7. The summed E-state index contributed by atoms with van der Waals surface area (Å²) in [5, 5.41) is 15.0. The van der Waals surface area contributed by atoms with Crippen LogP contribution in [0.15, 0.2) is 51.9 Å². The lowest BCUT2D eigenvalue weighted by atomic mass is 10.2. The molecule has 0 N–H and O–H groups in total. The van der Waals surface area contributed by atoms with E-state index in [9.17, 15) is 14.9 Å². The Hall–Kier alpha value is -3.33. The molecule has 0 fully saturated rings. The molecule has 8 nitrogen and oxygen atoms in total. The molecule has 4 rings (SSSR count). The topological polar surface area (TPSA) is 104 Å². The van der Waals surface area contributed by atoms with Gasteiger partial charge in [0.15, 0.2) is 5.76 Å². The van der Waals surface area contributed by atoms with Crippen molar-refractivity contribution in [3.63, 3.8) is 0 Å². The van der Waals surface area contributed by atoms with Gasteiger partial charge in [0.1, 0.15) is 0 Å². The monoisotopic (exact) mass is 340 g/mol. The third kappa shape index (κ3) is 2.36. The van der Waals surface area contributed by atoms with Crippen LogP contribution in [0.5, 0.6) is 0 Å². The van der Waals surface area contributed by atoms with E-state index in [1.807, 2.05) is 0 Å². The van der Waals surface area contributed by atoms with Gasteiger partial charge in [-0.1, -0.05) is 23.5 Å². The molecule has 0 saturated heterocycles. The molecule has 3 heterocycles. The Morgan fingerprint density at radius 1 is 1.29 bits per heavy atom. The molecule has 0 bridgehead atoms. The maximum Gasteiger partial charge on any atom is 0.291 e. The summed E-state index contributed by atoms with van der Waals surface area (Å²) < 4.78 is 6.81. The molecule has 0 saturated carbocycles. The van der Waals surface area contributed by atoms with Crippen molar-refractivity contribution >= 4 is 28.1 Å². The number of fused-ring (bicyclic) bond motifs is 1. The Morgan fingerprint density at radius 2 is 2.17 bits per heavy atom. The van der Waals surface area contributed by atoms with Crippen molar-refractivity contribution in [3.05, 3.63) is 73.2 Å². The molecule has 4 aromatic rings. The summed E-state index contributed by atoms with van der Waals surface area (Å²) in [4.78, 5) is 27.5. The van der Waals surface area contributed by atoms with Crippen molar-refractivity contribution in [1.29, 1.82) is 0 Å². The minimum Gasteiger partial charge on any atom is -0.461 e. The SMILES string of the molecule is O=c1c(=Cc2cccc([N+](=O)[O-])c2)sc2nc(-c3ccco3)nn12. The van der Waals surface area contributed by atoms with Crippen LogP contribution < -0.4 is 10.1 Å². The fraction of sp³-hybridized carbons (Fsp3) is 0. The number of rotatable bonds is 3. The first-order valence-corrected chi connectivity index (χ1v) is 7.63. The number of nitro groups is 1. The Labute approximate surface area is 137 Å². The van der Waals surface area contributed by atoms with Gasteiger partial charge >= 0.3 is 0 Å². The van der Waals surface area contributed by atoms with E-state index in [1.54, 1.807) is 30.3 Å². The van der Waals surface area contributed by atoms with Crippen molar-refractivity contribution < 1.29 is 9.34 Å². The molecule has 0 radical (unpaired) electrons. The van der Waals surface area contributed by atoms with Crippen LogP contribution in [0, 0.1) is 10.1 Å². The minimum absolute atomic E-state index is 0.0317. The minimum atomic E-state index is -0.478. The largest absolute Gasteiger partial charge is 0.461 e. The van der Waals surface area contributed by atoms with Gasteiger partial charge in [0.05, 0.1) is 15.7 Å². The molecule has 24 heavy (non-hydrogen) atoms. The van der Waals surface area contributed by atoms with Crippen LogP contribution in [0.25, 0.3) is 22.6 Å². The molecule has 0 aliphatic heterocycles. The zero-order valence-corrected chi connectivity index (χ0v) is 12.8. The summed E-state index contributed by atoms with van der Waals surface area (Å²) >= 11 is 1.16. The molecule has 0 aliphatic rings. The number of nitrogens with zero attached hydrogens (tertiary/aromatic N) is 4. The highest BCUT2D eigenvalue weighted by Gasteiger charge is 2.13. The fourth-order valence-corrected chi connectivity index (χ4v) is 3.13. The second kappa shape index (κ2) is 5.39. The van der Waals surface area contributed by atoms with Crippen LogP contribution in [-0.4, -0.2) is 19.5 Å². The molecular formula is C15H8N4O4S. The van der Waals surface area contributed by atoms with Crippen LogP contribution in [0.3, 0.4) is 0 Å². The lowest BCUT2D eigenvalue weighted by molar-refractivity contribution is -0.384. The van der Waals surface area contributed by atoms with E-state index in [0.717, 1.165) is 11.3 Å². The Morgan fingerprint density at radius 3 is 2.88 bits per heavy atom. The van der Waals surface area contributed by atoms with Gasteiger partial charge in [-0.05, 0) is 23.8 Å². The molecular weight excluding hydrogens is 332 g/mol. The van der Waals surface area contributed by atoms with Crippen LogP contribution in [0.1, 0.15) is 5.56 Å². The van der Waals surface area contributed by atoms with Crippen LogP contribution in [0.4, 0.5) is 5.69 Å². The first-order valence-electron chi connectivity index (χ1n) is 6.81. The highest BCUT2D eigenvalue weighted by atomic mass is 32.1. The van der Waals surface area contributed by atoms with E-state index in [1.165, 1.54) is 22.9 Å². The third-order valence-corrected chi connectivity index (χ3v) is 4.26. The number of aromatic nitrogens is 3. The van der Waals surface area contributed by atoms with Gasteiger partial charge in [0, 0.05) is 12.1 Å². The van der Waals surface area contributed by atoms with Crippen LogP contribution >= 0.6 is 11.3 Å². The Balaban J connectivity index is 1.82. The van der Waals surface area contributed by atoms with E-state index in [2.05, 4.69) is 10.1 Å². The van der Waals surface area contributed by atoms with Crippen molar-refractivity contribution in [2.45, 2.75) is 0 Å². The van der Waals surface area contributed by atoms with E-state index in [0.29, 0.717) is 26.6 Å². The van der Waals surface area contributed by atoms with Gasteiger partial charge in [-0.25, -0.2) is 0 Å². The molecule has 9 heteroatoms. The lowest BCUT2D eigenvalue weighted by Crippen LogP contribution is -2.23. The standard InChI is InChI=1S/C15H8N4O4S/c20-14-12(8-9-3-1-4-10(7-9)19(21)22)24-15-16-13(17-18(14)15)11-5-2-6-23-11/h1-8H. The van der Waals surface area contributed by atoms with Crippen molar-refractivity contribution in [1.82, 2.24) is 14.6 Å². The number of non-ortho nitro benzene ring substituents is 1. The Kier molecular flexibility index (Phi) is 3.21. The van der Waals surface area contributed by atoms with Gasteiger partial charge < -0.3 is 4.42 Å². The summed E-state index contributed by atoms with van der Waals surface area (Å²) in [6, 6.07) is 9.48. The second-order valence-corrected chi connectivity index (χ2v) is 5.88. The maximum absolute atomic E-state index is 12.4. The fourth-order valence-electron chi connectivity index (χ4n) is 2.22. The van der Waals surface area contributed by atoms with Gasteiger partial charge in [-0.15, -0.1) is 5.10 Å². The quantitative estimate of drug-likeness (QED) is 0.416. The first-order chi connectivity index (χ1) is 11.6. The van der Waals surface area contributed by atoms with Gasteiger partial charge in [-0.3, -0.25) is 14.9 Å². The summed E-state index contributed by atoms with van der Waals surface area (Å²) in [7, 11) is 0. The first kappa shape index (κ1) is 14.3. The molecule has 0 unspecified atom stereocenters. The van der Waals surface area contributed by atoms with Crippen molar-refractivity contribution in [3.8, 4) is 11.6 Å². The van der Waals surface area contributed by atoms with Crippen molar-refractivity contribution in [2.24, 2.45) is 0 Å². The second-order valence-electron chi connectivity index (χ2n) is 4.87. The number of benzene rings is 1. The maximum atomic E-state index is 12.4. The molecule has 0 amide bonds. The number of hydrogen-bond donors (Lipinski definition) is 0. The summed E-state index contributed by atoms with van der Waals surface area (Å²) in [6.45, 7) is 0. The van der Waals surface area contributed by atoms with E-state index >= 15 is 0 Å². The molecule has 3 aromatic heterocycles. The molecule has 118 valence electrons. The summed E-state index contributed by atoms with van der Waals surface area (Å²) in [6.07, 6.45) is 3.09. The van der Waals surface area contributed by atoms with Gasteiger partial charge in [0.2, 0.25) is 10.8 Å². The predicted molar refractivity (Wildman–Crippen MR) is 86.7 cm³/mol.